The molecule has 0 aromatic heterocycles. The number of hydrogen-bond donors (Lipinski definition) is 1. The Balaban J connectivity index is 2.47. The molecule has 0 bridgehead atoms. The highest BCUT2D eigenvalue weighted by molar-refractivity contribution is 6.74. The second-order valence-corrected chi connectivity index (χ2v) is 11.6. The quantitative estimate of drug-likeness (QED) is 0.808. The van der Waals surface area contributed by atoms with Crippen LogP contribution in [0.5, 0.6) is 0 Å². The molecule has 2 nitrogen and oxygen atoms in total. The molecule has 0 aliphatic carbocycles. The molecule has 0 fully saturated rings. The van der Waals surface area contributed by atoms with E-state index in [-0.39, 0.29) is 5.04 Å². The molecule has 1 aromatic rings. The van der Waals surface area contributed by atoms with E-state index in [9.17, 15) is 5.11 Å². The van der Waals surface area contributed by atoms with Gasteiger partial charge in [-0.3, -0.25) is 0 Å². The van der Waals surface area contributed by atoms with Crippen molar-refractivity contribution in [2.75, 3.05) is 6.61 Å². The summed E-state index contributed by atoms with van der Waals surface area (Å²) in [5.74, 6) is 0. The maximum Gasteiger partial charge on any atom is 0.191 e. The molecule has 1 atom stereocenters. The van der Waals surface area contributed by atoms with E-state index < -0.39 is 14.4 Å². The number of aliphatic hydroxyl groups is 1. The summed E-state index contributed by atoms with van der Waals surface area (Å²) >= 11 is 0. The minimum absolute atomic E-state index is 0.224. The highest BCUT2D eigenvalue weighted by Gasteiger charge is 2.36. The SMILES string of the molecule is Cc1ccc(C(O)CCO[Si](C)(C)C(C)(C)C)cc1. The lowest BCUT2D eigenvalue weighted by atomic mass is 10.1. The molecular formula is C16H28O2Si. The molecule has 0 spiro atoms. The highest BCUT2D eigenvalue weighted by atomic mass is 28.4. The van der Waals surface area contributed by atoms with Gasteiger partial charge in [-0.1, -0.05) is 50.6 Å². The Hall–Kier alpha value is -0.643. The third-order valence-electron chi connectivity index (χ3n) is 4.12. The van der Waals surface area contributed by atoms with Crippen LogP contribution >= 0.6 is 0 Å². The van der Waals surface area contributed by atoms with Crippen molar-refractivity contribution < 1.29 is 9.53 Å². The molecule has 1 rings (SSSR count). The van der Waals surface area contributed by atoms with Crippen molar-refractivity contribution in [3.8, 4) is 0 Å². The number of benzene rings is 1. The summed E-state index contributed by atoms with van der Waals surface area (Å²) in [5.41, 5.74) is 2.19. The Morgan fingerprint density at radius 1 is 1.16 bits per heavy atom. The predicted molar refractivity (Wildman–Crippen MR) is 83.9 cm³/mol. The number of aryl methyl sites for hydroxylation is 1. The van der Waals surface area contributed by atoms with E-state index in [2.05, 4.69) is 40.8 Å². The fraction of sp³-hybridized carbons (Fsp3) is 0.625. The fourth-order valence-electron chi connectivity index (χ4n) is 1.60. The van der Waals surface area contributed by atoms with E-state index in [4.69, 9.17) is 4.43 Å². The first-order valence-corrected chi connectivity index (χ1v) is 9.93. The minimum atomic E-state index is -1.69. The van der Waals surface area contributed by atoms with E-state index in [1.54, 1.807) is 0 Å². The third-order valence-corrected chi connectivity index (χ3v) is 8.66. The highest BCUT2D eigenvalue weighted by Crippen LogP contribution is 2.36. The van der Waals surface area contributed by atoms with Crippen LogP contribution in [0.4, 0.5) is 0 Å². The normalized spacial score (nSPS) is 14.5. The standard InChI is InChI=1S/C16H28O2Si/c1-13-7-9-14(10-8-13)15(17)11-12-18-19(5,6)16(2,3)4/h7-10,15,17H,11-12H2,1-6H3. The van der Waals surface area contributed by atoms with Gasteiger partial charge in [0.1, 0.15) is 0 Å². The zero-order valence-corrected chi connectivity index (χ0v) is 14.2. The molecule has 0 aliphatic rings. The summed E-state index contributed by atoms with van der Waals surface area (Å²) in [6.07, 6.45) is 0.237. The van der Waals surface area contributed by atoms with E-state index >= 15 is 0 Å². The van der Waals surface area contributed by atoms with Crippen LogP contribution in [0.3, 0.4) is 0 Å². The zero-order chi connectivity index (χ0) is 14.7. The van der Waals surface area contributed by atoms with Gasteiger partial charge in [-0.25, -0.2) is 0 Å². The van der Waals surface area contributed by atoms with Crippen LogP contribution in [0.25, 0.3) is 0 Å². The molecule has 0 saturated carbocycles. The molecule has 0 aliphatic heterocycles. The molecule has 1 aromatic carbocycles. The van der Waals surface area contributed by atoms with Gasteiger partial charge in [0.2, 0.25) is 0 Å². The van der Waals surface area contributed by atoms with Gasteiger partial charge in [-0.05, 0) is 37.0 Å². The van der Waals surface area contributed by atoms with Gasteiger partial charge in [0.15, 0.2) is 8.32 Å². The van der Waals surface area contributed by atoms with Crippen molar-refractivity contribution in [3.63, 3.8) is 0 Å². The lowest BCUT2D eigenvalue weighted by Crippen LogP contribution is -2.41. The first-order chi connectivity index (χ1) is 8.63. The average Bonchev–Trinajstić information content (AvgIpc) is 2.28. The third kappa shape index (κ3) is 4.75. The van der Waals surface area contributed by atoms with Gasteiger partial charge >= 0.3 is 0 Å². The van der Waals surface area contributed by atoms with Gasteiger partial charge in [0.05, 0.1) is 6.10 Å². The maximum absolute atomic E-state index is 10.1. The lowest BCUT2D eigenvalue weighted by molar-refractivity contribution is 0.136. The Morgan fingerprint density at radius 3 is 2.16 bits per heavy atom. The van der Waals surface area contributed by atoms with Gasteiger partial charge in [0.25, 0.3) is 0 Å². The number of rotatable bonds is 5. The fourth-order valence-corrected chi connectivity index (χ4v) is 2.66. The summed E-state index contributed by atoms with van der Waals surface area (Å²) < 4.78 is 6.09. The number of hydrogen-bond acceptors (Lipinski definition) is 2. The van der Waals surface area contributed by atoms with E-state index in [0.717, 1.165) is 5.56 Å². The first kappa shape index (κ1) is 16.4. The van der Waals surface area contributed by atoms with Gasteiger partial charge in [0, 0.05) is 6.61 Å². The van der Waals surface area contributed by atoms with Crippen molar-refractivity contribution in [3.05, 3.63) is 35.4 Å². The van der Waals surface area contributed by atoms with E-state index in [1.165, 1.54) is 5.56 Å². The minimum Gasteiger partial charge on any atom is -0.417 e. The molecule has 108 valence electrons. The summed E-state index contributed by atoms with van der Waals surface area (Å²) in [6, 6.07) is 8.05. The monoisotopic (exact) mass is 280 g/mol. The summed E-state index contributed by atoms with van der Waals surface area (Å²) in [5, 5.41) is 10.4. The van der Waals surface area contributed by atoms with Crippen molar-refractivity contribution in [2.24, 2.45) is 0 Å². The molecule has 0 heterocycles. The van der Waals surface area contributed by atoms with Crippen LogP contribution in [0.2, 0.25) is 18.1 Å². The number of aliphatic hydroxyl groups excluding tert-OH is 1. The molecular weight excluding hydrogens is 252 g/mol. The largest absolute Gasteiger partial charge is 0.417 e. The Kier molecular flexibility index (Phi) is 5.36. The van der Waals surface area contributed by atoms with Crippen molar-refractivity contribution in [1.82, 2.24) is 0 Å². The molecule has 0 radical (unpaired) electrons. The summed E-state index contributed by atoms with van der Waals surface area (Å²) in [4.78, 5) is 0. The Morgan fingerprint density at radius 2 is 1.68 bits per heavy atom. The Labute approximate surface area is 118 Å². The van der Waals surface area contributed by atoms with Gasteiger partial charge in [-0.2, -0.15) is 0 Å². The van der Waals surface area contributed by atoms with E-state index in [0.29, 0.717) is 13.0 Å². The maximum atomic E-state index is 10.1. The molecule has 19 heavy (non-hydrogen) atoms. The van der Waals surface area contributed by atoms with Crippen LogP contribution in [0.1, 0.15) is 44.4 Å². The molecule has 0 saturated heterocycles. The summed E-state index contributed by atoms with van der Waals surface area (Å²) in [6.45, 7) is 13.9. The average molecular weight is 280 g/mol. The van der Waals surface area contributed by atoms with Gasteiger partial charge in [-0.15, -0.1) is 0 Å². The topological polar surface area (TPSA) is 29.5 Å². The first-order valence-electron chi connectivity index (χ1n) is 7.02. The van der Waals surface area contributed by atoms with Gasteiger partial charge < -0.3 is 9.53 Å². The second-order valence-electron chi connectivity index (χ2n) is 6.82. The van der Waals surface area contributed by atoms with Crippen LogP contribution in [0.15, 0.2) is 24.3 Å². The smallest absolute Gasteiger partial charge is 0.191 e. The summed E-state index contributed by atoms with van der Waals surface area (Å²) in [7, 11) is -1.69. The second kappa shape index (κ2) is 6.20. The van der Waals surface area contributed by atoms with Crippen molar-refractivity contribution >= 4 is 8.32 Å². The molecule has 1 N–H and O–H groups in total. The lowest BCUT2D eigenvalue weighted by Gasteiger charge is -2.36. The van der Waals surface area contributed by atoms with Crippen molar-refractivity contribution in [1.29, 1.82) is 0 Å². The van der Waals surface area contributed by atoms with Crippen LogP contribution < -0.4 is 0 Å². The predicted octanol–water partition coefficient (Wildman–Crippen LogP) is 4.44. The molecule has 0 amide bonds. The Bertz CT molecular complexity index is 390. The van der Waals surface area contributed by atoms with Crippen LogP contribution in [0, 0.1) is 6.92 Å². The zero-order valence-electron chi connectivity index (χ0n) is 13.2. The van der Waals surface area contributed by atoms with Crippen molar-refractivity contribution in [2.45, 2.75) is 58.4 Å². The molecule has 3 heteroatoms. The molecule has 1 unspecified atom stereocenters. The van der Waals surface area contributed by atoms with Crippen LogP contribution in [-0.4, -0.2) is 20.0 Å². The van der Waals surface area contributed by atoms with Crippen LogP contribution in [-0.2, 0) is 4.43 Å². The van der Waals surface area contributed by atoms with E-state index in [1.807, 2.05) is 24.3 Å².